The molecule has 7 nitrogen and oxygen atoms in total. The van der Waals surface area contributed by atoms with E-state index in [0.717, 1.165) is 0 Å². The van der Waals surface area contributed by atoms with E-state index in [1.165, 1.54) is 0 Å². The largest absolute Gasteiger partial charge is 0.486 e. The molecule has 7 heteroatoms. The van der Waals surface area contributed by atoms with Crippen LogP contribution in [-0.2, 0) is 4.79 Å². The molecule has 1 unspecified atom stereocenters. The minimum Gasteiger partial charge on any atom is -0.486 e. The summed E-state index contributed by atoms with van der Waals surface area (Å²) in [5, 5.41) is 9.33. The minimum absolute atomic E-state index is 0.0682. The molecule has 0 N–H and O–H groups in total. The molecular weight excluding hydrogens is 420 g/mol. The van der Waals surface area contributed by atoms with E-state index in [-0.39, 0.29) is 23.5 Å². The second-order valence-electron chi connectivity index (χ2n) is 8.71. The Morgan fingerprint density at radius 3 is 2.45 bits per heavy atom. The van der Waals surface area contributed by atoms with E-state index in [4.69, 9.17) is 14.2 Å². The average Bonchev–Trinajstić information content (AvgIpc) is 2.86. The molecule has 2 aromatic carbocycles. The fourth-order valence-electron chi connectivity index (χ4n) is 4.24. The van der Waals surface area contributed by atoms with Crippen LogP contribution in [0.3, 0.4) is 0 Å². The predicted octanol–water partition coefficient (Wildman–Crippen LogP) is 3.85. The highest BCUT2D eigenvalue weighted by Crippen LogP contribution is 2.33. The summed E-state index contributed by atoms with van der Waals surface area (Å²) in [5.41, 5.74) is 1.01. The number of benzene rings is 2. The zero-order chi connectivity index (χ0) is 23.4. The van der Waals surface area contributed by atoms with E-state index < -0.39 is 6.10 Å². The molecule has 1 atom stereocenters. The average molecular weight is 449 g/mol. The molecule has 1 saturated heterocycles. The van der Waals surface area contributed by atoms with Gasteiger partial charge in [-0.2, -0.15) is 5.26 Å². The minimum atomic E-state index is -0.690. The number of para-hydroxylation sites is 1. The van der Waals surface area contributed by atoms with E-state index in [1.807, 2.05) is 13.8 Å². The van der Waals surface area contributed by atoms with E-state index in [9.17, 15) is 14.9 Å². The highest BCUT2D eigenvalue weighted by Gasteiger charge is 2.34. The highest BCUT2D eigenvalue weighted by molar-refractivity contribution is 5.98. The number of ether oxygens (including phenoxy) is 3. The Balaban J connectivity index is 1.39. The van der Waals surface area contributed by atoms with Crippen LogP contribution in [0.4, 0.5) is 0 Å². The lowest BCUT2D eigenvalue weighted by Gasteiger charge is -2.35. The lowest BCUT2D eigenvalue weighted by atomic mass is 9.88. The molecule has 0 radical (unpaired) electrons. The van der Waals surface area contributed by atoms with Crippen LogP contribution < -0.4 is 14.2 Å². The number of likely N-dealkylation sites (tertiary alicyclic amines) is 1. The maximum atomic E-state index is 13.3. The molecule has 2 aromatic rings. The van der Waals surface area contributed by atoms with E-state index in [1.54, 1.807) is 47.4 Å². The third-order valence-electron chi connectivity index (χ3n) is 6.11. The van der Waals surface area contributed by atoms with E-state index >= 15 is 0 Å². The third-order valence-corrected chi connectivity index (χ3v) is 6.11. The molecule has 1 fully saturated rings. The molecule has 33 heavy (non-hydrogen) atoms. The van der Waals surface area contributed by atoms with Gasteiger partial charge >= 0.3 is 0 Å². The molecule has 2 aliphatic heterocycles. The normalized spacial score (nSPS) is 16.7. The van der Waals surface area contributed by atoms with Gasteiger partial charge in [-0.05, 0) is 49.1 Å². The number of piperidine rings is 1. The molecule has 0 saturated carbocycles. The summed E-state index contributed by atoms with van der Waals surface area (Å²) in [6.07, 6.45) is 0.501. The zero-order valence-corrected chi connectivity index (χ0v) is 19.0. The van der Waals surface area contributed by atoms with Crippen molar-refractivity contribution in [3.63, 3.8) is 0 Å². The van der Waals surface area contributed by atoms with Crippen molar-refractivity contribution in [3.05, 3.63) is 53.6 Å². The number of hydrogen-bond donors (Lipinski definition) is 0. The van der Waals surface area contributed by atoms with Crippen molar-refractivity contribution >= 4 is 11.7 Å². The molecule has 2 aliphatic rings. The van der Waals surface area contributed by atoms with Gasteiger partial charge in [0, 0.05) is 24.6 Å². The van der Waals surface area contributed by atoms with Crippen LogP contribution in [0.2, 0.25) is 0 Å². The van der Waals surface area contributed by atoms with Gasteiger partial charge < -0.3 is 19.1 Å². The van der Waals surface area contributed by atoms with Crippen LogP contribution in [0.15, 0.2) is 42.5 Å². The summed E-state index contributed by atoms with van der Waals surface area (Å²) < 4.78 is 17.1. The Kier molecular flexibility index (Phi) is 6.83. The van der Waals surface area contributed by atoms with Crippen molar-refractivity contribution in [1.29, 1.82) is 5.26 Å². The standard InChI is InChI=1S/C26H28N2O5/c1-17(2)25(33-21-6-4-3-5-20(21)16-27)26(30)28-11-9-18(10-12-28)24(29)19-7-8-22-23(15-19)32-14-13-31-22/h3-8,15,17-18,25H,9-14H2,1-2H3. The monoisotopic (exact) mass is 448 g/mol. The van der Waals surface area contributed by atoms with Gasteiger partial charge in [-0.1, -0.05) is 26.0 Å². The summed E-state index contributed by atoms with van der Waals surface area (Å²) in [6, 6.07) is 14.4. The van der Waals surface area contributed by atoms with Gasteiger partial charge in [0.2, 0.25) is 0 Å². The number of hydrogen-bond acceptors (Lipinski definition) is 6. The van der Waals surface area contributed by atoms with Crippen molar-refractivity contribution in [2.45, 2.75) is 32.8 Å². The van der Waals surface area contributed by atoms with Crippen molar-refractivity contribution < 1.29 is 23.8 Å². The molecule has 1 amide bonds. The van der Waals surface area contributed by atoms with Gasteiger partial charge in [0.05, 0.1) is 5.56 Å². The predicted molar refractivity (Wildman–Crippen MR) is 121 cm³/mol. The molecule has 0 aliphatic carbocycles. The Bertz CT molecular complexity index is 1070. The van der Waals surface area contributed by atoms with Crippen LogP contribution in [0.5, 0.6) is 17.2 Å². The first kappa shape index (κ1) is 22.7. The second kappa shape index (κ2) is 9.95. The number of fused-ring (bicyclic) bond motifs is 1. The highest BCUT2D eigenvalue weighted by atomic mass is 16.6. The molecule has 0 bridgehead atoms. The van der Waals surface area contributed by atoms with Gasteiger partial charge in [-0.15, -0.1) is 0 Å². The lowest BCUT2D eigenvalue weighted by Crippen LogP contribution is -2.48. The summed E-state index contributed by atoms with van der Waals surface area (Å²) in [5.74, 6) is 1.43. The van der Waals surface area contributed by atoms with E-state index in [2.05, 4.69) is 6.07 Å². The molecular formula is C26H28N2O5. The Morgan fingerprint density at radius 2 is 1.76 bits per heavy atom. The molecule has 2 heterocycles. The van der Waals surface area contributed by atoms with Crippen LogP contribution in [0.25, 0.3) is 0 Å². The maximum absolute atomic E-state index is 13.3. The van der Waals surface area contributed by atoms with Gasteiger partial charge in [0.15, 0.2) is 23.4 Å². The summed E-state index contributed by atoms with van der Waals surface area (Å²) in [6.45, 7) is 5.82. The fraction of sp³-hybridized carbons (Fsp3) is 0.423. The zero-order valence-electron chi connectivity index (χ0n) is 19.0. The number of carbonyl (C=O) groups is 2. The van der Waals surface area contributed by atoms with Crippen LogP contribution in [0.1, 0.15) is 42.6 Å². The first-order chi connectivity index (χ1) is 16.0. The van der Waals surface area contributed by atoms with Gasteiger partial charge in [-0.25, -0.2) is 0 Å². The summed E-state index contributed by atoms with van der Waals surface area (Å²) >= 11 is 0. The van der Waals surface area contributed by atoms with Gasteiger partial charge in [0.25, 0.3) is 5.91 Å². The Morgan fingerprint density at radius 1 is 1.06 bits per heavy atom. The van der Waals surface area contributed by atoms with Crippen LogP contribution in [0, 0.1) is 23.2 Å². The number of rotatable bonds is 6. The topological polar surface area (TPSA) is 88.9 Å². The molecule has 0 aromatic heterocycles. The summed E-state index contributed by atoms with van der Waals surface area (Å²) in [4.78, 5) is 28.1. The number of Topliss-reactive ketones (excluding diaryl/α,β-unsaturated/α-hetero) is 1. The first-order valence-electron chi connectivity index (χ1n) is 11.4. The van der Waals surface area contributed by atoms with Crippen molar-refractivity contribution in [2.24, 2.45) is 11.8 Å². The maximum Gasteiger partial charge on any atom is 0.263 e. The number of ketones is 1. The van der Waals surface area contributed by atoms with E-state index in [0.29, 0.717) is 67.5 Å². The van der Waals surface area contributed by atoms with Crippen LogP contribution in [-0.4, -0.2) is 49.0 Å². The Labute approximate surface area is 193 Å². The SMILES string of the molecule is CC(C)C(Oc1ccccc1C#N)C(=O)N1CCC(C(=O)c2ccc3c(c2)OCCO3)CC1. The first-order valence-corrected chi connectivity index (χ1v) is 11.4. The van der Waals surface area contributed by atoms with Crippen molar-refractivity contribution in [3.8, 4) is 23.3 Å². The molecule has 172 valence electrons. The number of amides is 1. The molecule has 4 rings (SSSR count). The van der Waals surface area contributed by atoms with Crippen LogP contribution >= 0.6 is 0 Å². The van der Waals surface area contributed by atoms with Crippen molar-refractivity contribution in [2.75, 3.05) is 26.3 Å². The molecule has 0 spiro atoms. The van der Waals surface area contributed by atoms with Gasteiger partial charge in [-0.3, -0.25) is 9.59 Å². The Hall–Kier alpha value is -3.53. The lowest BCUT2D eigenvalue weighted by molar-refractivity contribution is -0.142. The number of carbonyl (C=O) groups excluding carboxylic acids is 2. The third kappa shape index (κ3) is 4.95. The number of nitriles is 1. The quantitative estimate of drug-likeness (QED) is 0.624. The second-order valence-corrected chi connectivity index (χ2v) is 8.71. The fourth-order valence-corrected chi connectivity index (χ4v) is 4.24. The summed E-state index contributed by atoms with van der Waals surface area (Å²) in [7, 11) is 0. The van der Waals surface area contributed by atoms with Crippen molar-refractivity contribution in [1.82, 2.24) is 4.90 Å². The van der Waals surface area contributed by atoms with Gasteiger partial charge in [0.1, 0.15) is 25.0 Å². The number of nitrogens with zero attached hydrogens (tertiary/aromatic N) is 2. The smallest absolute Gasteiger partial charge is 0.263 e.